The van der Waals surface area contributed by atoms with Gasteiger partial charge >= 0.3 is 0 Å². The number of nitrogens with zero attached hydrogens (tertiary/aromatic N) is 3. The molecule has 1 aromatic heterocycles. The van der Waals surface area contributed by atoms with Gasteiger partial charge in [-0.25, -0.2) is 4.68 Å². The van der Waals surface area contributed by atoms with E-state index in [1.54, 1.807) is 0 Å². The van der Waals surface area contributed by atoms with Crippen molar-refractivity contribution in [1.29, 1.82) is 0 Å². The summed E-state index contributed by atoms with van der Waals surface area (Å²) in [5, 5.41) is 8.14. The molecule has 15 heavy (non-hydrogen) atoms. The number of nitrogen functional groups attached to an aromatic ring is 1. The van der Waals surface area contributed by atoms with Gasteiger partial charge in [-0.1, -0.05) is 24.5 Å². The van der Waals surface area contributed by atoms with Crippen molar-refractivity contribution < 1.29 is 0 Å². The molecule has 4 heteroatoms. The van der Waals surface area contributed by atoms with Crippen LogP contribution in [0.2, 0.25) is 0 Å². The van der Waals surface area contributed by atoms with Crippen molar-refractivity contribution in [2.45, 2.75) is 57.9 Å². The molecular weight excluding hydrogens is 188 g/mol. The Balaban J connectivity index is 2.28. The Bertz CT molecular complexity index is 323. The minimum absolute atomic E-state index is 0.353. The number of hydrogen-bond donors (Lipinski definition) is 1. The van der Waals surface area contributed by atoms with Gasteiger partial charge in [-0.15, -0.1) is 5.10 Å². The zero-order valence-electron chi connectivity index (χ0n) is 9.61. The molecule has 4 nitrogen and oxygen atoms in total. The molecule has 1 aliphatic rings. The lowest BCUT2D eigenvalue weighted by Gasteiger charge is -2.23. The molecule has 0 aromatic carbocycles. The van der Waals surface area contributed by atoms with Crippen molar-refractivity contribution in [3.8, 4) is 0 Å². The molecule has 1 aromatic rings. The molecule has 0 aliphatic heterocycles. The van der Waals surface area contributed by atoms with Crippen LogP contribution >= 0.6 is 0 Å². The van der Waals surface area contributed by atoms with Gasteiger partial charge in [-0.05, 0) is 26.7 Å². The first-order valence-electron chi connectivity index (χ1n) is 5.90. The predicted octanol–water partition coefficient (Wildman–Crippen LogP) is 2.49. The summed E-state index contributed by atoms with van der Waals surface area (Å²) >= 11 is 0. The highest BCUT2D eigenvalue weighted by Gasteiger charge is 2.24. The van der Waals surface area contributed by atoms with Crippen molar-refractivity contribution >= 4 is 5.82 Å². The van der Waals surface area contributed by atoms with Crippen molar-refractivity contribution in [1.82, 2.24) is 15.0 Å². The standard InChI is InChI=1S/C11H20N4/c1-8(2)15-10(11(12)13-14-15)9-6-4-3-5-7-9/h8-9H,3-7,12H2,1-2H3. The average Bonchev–Trinajstić information content (AvgIpc) is 2.61. The summed E-state index contributed by atoms with van der Waals surface area (Å²) < 4.78 is 1.99. The van der Waals surface area contributed by atoms with Crippen LogP contribution in [0.1, 0.15) is 63.6 Å². The minimum atomic E-state index is 0.353. The number of hydrogen-bond acceptors (Lipinski definition) is 3. The van der Waals surface area contributed by atoms with Crippen LogP contribution in [0.25, 0.3) is 0 Å². The Morgan fingerprint density at radius 2 is 1.93 bits per heavy atom. The van der Waals surface area contributed by atoms with Crippen LogP contribution in [0.4, 0.5) is 5.82 Å². The molecule has 2 N–H and O–H groups in total. The summed E-state index contributed by atoms with van der Waals surface area (Å²) in [6, 6.07) is 0.353. The van der Waals surface area contributed by atoms with Gasteiger partial charge in [0.1, 0.15) is 0 Å². The van der Waals surface area contributed by atoms with Gasteiger partial charge in [0.2, 0.25) is 0 Å². The SMILES string of the molecule is CC(C)n1nnc(N)c1C1CCCCC1. The molecule has 0 spiro atoms. The van der Waals surface area contributed by atoms with E-state index in [2.05, 4.69) is 24.2 Å². The highest BCUT2D eigenvalue weighted by Crippen LogP contribution is 2.35. The lowest BCUT2D eigenvalue weighted by molar-refractivity contribution is 0.400. The third-order valence-corrected chi connectivity index (χ3v) is 3.24. The average molecular weight is 208 g/mol. The van der Waals surface area contributed by atoms with Crippen molar-refractivity contribution in [2.75, 3.05) is 5.73 Å². The van der Waals surface area contributed by atoms with Gasteiger partial charge < -0.3 is 5.73 Å². The van der Waals surface area contributed by atoms with E-state index in [9.17, 15) is 0 Å². The fraction of sp³-hybridized carbons (Fsp3) is 0.818. The molecule has 1 heterocycles. The number of rotatable bonds is 2. The molecular formula is C11H20N4. The highest BCUT2D eigenvalue weighted by molar-refractivity contribution is 5.36. The quantitative estimate of drug-likeness (QED) is 0.812. The van der Waals surface area contributed by atoms with Gasteiger partial charge in [0.25, 0.3) is 0 Å². The maximum absolute atomic E-state index is 5.92. The molecule has 0 amide bonds. The van der Waals surface area contributed by atoms with Crippen LogP contribution in [-0.4, -0.2) is 15.0 Å². The Hall–Kier alpha value is -1.06. The van der Waals surface area contributed by atoms with Gasteiger partial charge in [-0.2, -0.15) is 0 Å². The molecule has 2 rings (SSSR count). The maximum Gasteiger partial charge on any atom is 0.169 e. The van der Waals surface area contributed by atoms with Crippen LogP contribution in [0, 0.1) is 0 Å². The van der Waals surface area contributed by atoms with E-state index >= 15 is 0 Å². The van der Waals surface area contributed by atoms with Crippen molar-refractivity contribution in [2.24, 2.45) is 0 Å². The number of nitrogens with two attached hydrogens (primary N) is 1. The summed E-state index contributed by atoms with van der Waals surface area (Å²) in [4.78, 5) is 0. The minimum Gasteiger partial charge on any atom is -0.381 e. The zero-order valence-corrected chi connectivity index (χ0v) is 9.61. The third-order valence-electron chi connectivity index (χ3n) is 3.24. The van der Waals surface area contributed by atoms with Gasteiger partial charge in [0.15, 0.2) is 5.82 Å². The molecule has 0 radical (unpaired) electrons. The normalized spacial score (nSPS) is 18.6. The lowest BCUT2D eigenvalue weighted by atomic mass is 9.86. The molecule has 0 saturated heterocycles. The lowest BCUT2D eigenvalue weighted by Crippen LogP contribution is -2.15. The van der Waals surface area contributed by atoms with Gasteiger partial charge in [-0.3, -0.25) is 0 Å². The molecule has 1 aliphatic carbocycles. The van der Waals surface area contributed by atoms with Crippen molar-refractivity contribution in [3.05, 3.63) is 5.69 Å². The summed E-state index contributed by atoms with van der Waals surface area (Å²) in [7, 11) is 0. The Labute approximate surface area is 90.8 Å². The summed E-state index contributed by atoms with van der Waals surface area (Å²) in [5.41, 5.74) is 7.09. The monoisotopic (exact) mass is 208 g/mol. The van der Waals surface area contributed by atoms with E-state index < -0.39 is 0 Å². The third kappa shape index (κ3) is 1.98. The Morgan fingerprint density at radius 1 is 1.27 bits per heavy atom. The van der Waals surface area contributed by atoms with E-state index in [0.29, 0.717) is 17.8 Å². The van der Waals surface area contributed by atoms with E-state index in [-0.39, 0.29) is 0 Å². The van der Waals surface area contributed by atoms with Crippen LogP contribution < -0.4 is 5.73 Å². The second-order valence-corrected chi connectivity index (χ2v) is 4.73. The first kappa shape index (κ1) is 10.5. The fourth-order valence-corrected chi connectivity index (χ4v) is 2.47. The highest BCUT2D eigenvalue weighted by atomic mass is 15.5. The van der Waals surface area contributed by atoms with Gasteiger partial charge in [0.05, 0.1) is 5.69 Å². The predicted molar refractivity (Wildman–Crippen MR) is 60.6 cm³/mol. The van der Waals surface area contributed by atoms with Gasteiger partial charge in [0, 0.05) is 12.0 Å². The van der Waals surface area contributed by atoms with Crippen LogP contribution in [0.15, 0.2) is 0 Å². The molecule has 0 atom stereocenters. The molecule has 0 bridgehead atoms. The summed E-state index contributed by atoms with van der Waals surface area (Å²) in [6.07, 6.45) is 6.47. The van der Waals surface area contributed by atoms with Crippen LogP contribution in [0.5, 0.6) is 0 Å². The van der Waals surface area contributed by atoms with E-state index in [1.807, 2.05) is 4.68 Å². The summed E-state index contributed by atoms with van der Waals surface area (Å²) in [6.45, 7) is 4.25. The Morgan fingerprint density at radius 3 is 2.53 bits per heavy atom. The smallest absolute Gasteiger partial charge is 0.169 e. The molecule has 0 unspecified atom stereocenters. The topological polar surface area (TPSA) is 56.7 Å². The summed E-state index contributed by atoms with van der Waals surface area (Å²) in [5.74, 6) is 1.21. The number of anilines is 1. The zero-order chi connectivity index (χ0) is 10.8. The largest absolute Gasteiger partial charge is 0.381 e. The molecule has 1 saturated carbocycles. The van der Waals surface area contributed by atoms with Crippen molar-refractivity contribution in [3.63, 3.8) is 0 Å². The van der Waals surface area contributed by atoms with Crippen LogP contribution in [0.3, 0.4) is 0 Å². The first-order chi connectivity index (χ1) is 7.20. The van der Waals surface area contributed by atoms with E-state index in [1.165, 1.54) is 37.8 Å². The van der Waals surface area contributed by atoms with E-state index in [4.69, 9.17) is 5.73 Å². The first-order valence-corrected chi connectivity index (χ1v) is 5.90. The Kier molecular flexibility index (Phi) is 2.93. The number of aromatic nitrogens is 3. The van der Waals surface area contributed by atoms with Crippen LogP contribution in [-0.2, 0) is 0 Å². The molecule has 1 fully saturated rings. The second-order valence-electron chi connectivity index (χ2n) is 4.73. The van der Waals surface area contributed by atoms with E-state index in [0.717, 1.165) is 0 Å². The second kappa shape index (κ2) is 4.21. The maximum atomic E-state index is 5.92. The fourth-order valence-electron chi connectivity index (χ4n) is 2.47. The molecule has 84 valence electrons.